The smallest absolute Gasteiger partial charge is 0.407 e. The average molecular weight is 382 g/mol. The molecule has 2 aromatic rings. The van der Waals surface area contributed by atoms with Gasteiger partial charge >= 0.3 is 12.1 Å². The van der Waals surface area contributed by atoms with Crippen molar-refractivity contribution < 1.29 is 24.2 Å². The molecule has 3 N–H and O–H groups in total. The van der Waals surface area contributed by atoms with Crippen LogP contribution in [0.25, 0.3) is 6.08 Å². The number of carbonyl (C=O) groups excluding carboxylic acids is 2. The lowest BCUT2D eigenvalue weighted by atomic mass is 10.1. The molecule has 7 nitrogen and oxygen atoms in total. The van der Waals surface area contributed by atoms with Crippen LogP contribution in [-0.4, -0.2) is 36.2 Å². The highest BCUT2D eigenvalue weighted by Gasteiger charge is 2.10. The number of rotatable bonds is 9. The highest BCUT2D eigenvalue weighted by Crippen LogP contribution is 2.11. The summed E-state index contributed by atoms with van der Waals surface area (Å²) in [6.45, 7) is 0.157. The lowest BCUT2D eigenvalue weighted by molar-refractivity contribution is -0.135. The molecule has 2 amide bonds. The largest absolute Gasteiger partial charge is 0.480 e. The third-order valence-corrected chi connectivity index (χ3v) is 3.70. The first-order chi connectivity index (χ1) is 13.6. The first kappa shape index (κ1) is 20.7. The first-order valence-corrected chi connectivity index (χ1v) is 8.76. The number of amides is 2. The number of carbonyl (C=O) groups is 3. The van der Waals surface area contributed by atoms with Crippen molar-refractivity contribution in [2.24, 2.45) is 0 Å². The van der Waals surface area contributed by atoms with Gasteiger partial charge in [0.05, 0.1) is 0 Å². The third-order valence-electron chi connectivity index (χ3n) is 3.70. The van der Waals surface area contributed by atoms with Crippen LogP contribution in [-0.2, 0) is 16.1 Å². The van der Waals surface area contributed by atoms with Crippen LogP contribution in [0.2, 0.25) is 0 Å². The van der Waals surface area contributed by atoms with Crippen LogP contribution in [0, 0.1) is 0 Å². The maximum Gasteiger partial charge on any atom is 0.407 e. The third kappa shape index (κ3) is 7.33. The van der Waals surface area contributed by atoms with E-state index in [9.17, 15) is 14.4 Å². The Morgan fingerprint density at radius 2 is 1.68 bits per heavy atom. The van der Waals surface area contributed by atoms with Gasteiger partial charge < -0.3 is 20.5 Å². The Hall–Kier alpha value is -3.61. The summed E-state index contributed by atoms with van der Waals surface area (Å²) < 4.78 is 5.11. The molecule has 0 aromatic heterocycles. The molecule has 7 heteroatoms. The molecular formula is C21H22N2O5. The zero-order valence-electron chi connectivity index (χ0n) is 15.3. The van der Waals surface area contributed by atoms with Crippen LogP contribution >= 0.6 is 0 Å². The molecule has 0 unspecified atom stereocenters. The second-order valence-corrected chi connectivity index (χ2v) is 5.84. The van der Waals surface area contributed by atoms with E-state index in [2.05, 4.69) is 10.6 Å². The van der Waals surface area contributed by atoms with E-state index in [0.29, 0.717) is 24.1 Å². The van der Waals surface area contributed by atoms with E-state index in [1.54, 1.807) is 30.3 Å². The summed E-state index contributed by atoms with van der Waals surface area (Å²) in [5, 5.41) is 13.6. The second kappa shape index (κ2) is 11.2. The minimum Gasteiger partial charge on any atom is -0.480 e. The fourth-order valence-electron chi connectivity index (χ4n) is 2.34. The molecule has 2 aromatic carbocycles. The van der Waals surface area contributed by atoms with Gasteiger partial charge in [0.2, 0.25) is 0 Å². The van der Waals surface area contributed by atoms with Crippen molar-refractivity contribution in [2.45, 2.75) is 13.0 Å². The van der Waals surface area contributed by atoms with Gasteiger partial charge in [-0.1, -0.05) is 60.7 Å². The Morgan fingerprint density at radius 3 is 2.43 bits per heavy atom. The average Bonchev–Trinajstić information content (AvgIpc) is 2.71. The van der Waals surface area contributed by atoms with E-state index in [4.69, 9.17) is 9.84 Å². The molecule has 0 spiro atoms. The van der Waals surface area contributed by atoms with E-state index in [1.807, 2.05) is 36.4 Å². The van der Waals surface area contributed by atoms with Gasteiger partial charge in [-0.3, -0.25) is 9.59 Å². The molecule has 0 saturated heterocycles. The number of benzene rings is 2. The topological polar surface area (TPSA) is 105 Å². The molecule has 0 radical (unpaired) electrons. The van der Waals surface area contributed by atoms with Crippen molar-refractivity contribution in [3.8, 4) is 0 Å². The summed E-state index contributed by atoms with van der Waals surface area (Å²) in [5.41, 5.74) is 1.96. The number of carboxylic acids is 1. The van der Waals surface area contributed by atoms with Gasteiger partial charge in [0.15, 0.2) is 0 Å². The molecule has 28 heavy (non-hydrogen) atoms. The van der Waals surface area contributed by atoms with E-state index in [-0.39, 0.29) is 6.61 Å². The summed E-state index contributed by atoms with van der Waals surface area (Å²) in [5.74, 6) is -1.56. The maximum atomic E-state index is 12.1. The Morgan fingerprint density at radius 1 is 0.964 bits per heavy atom. The van der Waals surface area contributed by atoms with Crippen molar-refractivity contribution in [3.63, 3.8) is 0 Å². The quantitative estimate of drug-likeness (QED) is 0.579. The lowest BCUT2D eigenvalue weighted by Crippen LogP contribution is -2.29. The van der Waals surface area contributed by atoms with Crippen LogP contribution in [0.3, 0.4) is 0 Å². The molecule has 0 fully saturated rings. The predicted molar refractivity (Wildman–Crippen MR) is 105 cm³/mol. The van der Waals surface area contributed by atoms with Crippen molar-refractivity contribution in [2.75, 3.05) is 13.1 Å². The molecule has 0 aliphatic carbocycles. The summed E-state index contributed by atoms with van der Waals surface area (Å²) in [7, 11) is 0. The predicted octanol–water partition coefficient (Wildman–Crippen LogP) is 2.83. The summed E-state index contributed by atoms with van der Waals surface area (Å²) >= 11 is 0. The van der Waals surface area contributed by atoms with Gasteiger partial charge in [-0.25, -0.2) is 4.79 Å². The number of aliphatic carboxylic acids is 1. The van der Waals surface area contributed by atoms with Crippen LogP contribution in [0.4, 0.5) is 4.79 Å². The van der Waals surface area contributed by atoms with Crippen LogP contribution in [0.5, 0.6) is 0 Å². The fraction of sp³-hybridized carbons (Fsp3) is 0.190. The van der Waals surface area contributed by atoms with Gasteiger partial charge in [-0.2, -0.15) is 0 Å². The van der Waals surface area contributed by atoms with Crippen molar-refractivity contribution in [1.82, 2.24) is 10.6 Å². The number of hydrogen-bond acceptors (Lipinski definition) is 4. The molecule has 0 aliphatic rings. The van der Waals surface area contributed by atoms with Crippen LogP contribution in [0.15, 0.2) is 60.7 Å². The van der Waals surface area contributed by atoms with Crippen LogP contribution in [0.1, 0.15) is 27.9 Å². The number of carboxylic acid groups (broad SMARTS) is 1. The van der Waals surface area contributed by atoms with Gasteiger partial charge in [0.1, 0.15) is 13.2 Å². The molecule has 146 valence electrons. The highest BCUT2D eigenvalue weighted by atomic mass is 16.5. The molecule has 0 aliphatic heterocycles. The number of alkyl carbamates (subject to hydrolysis) is 1. The Bertz CT molecular complexity index is 834. The van der Waals surface area contributed by atoms with Gasteiger partial charge in [-0.15, -0.1) is 0 Å². The monoisotopic (exact) mass is 382 g/mol. The zero-order chi connectivity index (χ0) is 20.2. The minimum atomic E-state index is -1.11. The Kier molecular flexibility index (Phi) is 8.26. The van der Waals surface area contributed by atoms with Gasteiger partial charge in [-0.05, 0) is 23.6 Å². The molecule has 0 bridgehead atoms. The Labute approximate surface area is 163 Å². The SMILES string of the molecule is O=C(O)CNC(=O)c1ccccc1C=CCCNC(=O)OCc1ccccc1. The lowest BCUT2D eigenvalue weighted by Gasteiger charge is -2.07. The molecule has 2 rings (SSSR count). The highest BCUT2D eigenvalue weighted by molar-refractivity contribution is 5.98. The van der Waals surface area contributed by atoms with Crippen molar-refractivity contribution >= 4 is 24.0 Å². The van der Waals surface area contributed by atoms with E-state index >= 15 is 0 Å². The molecular weight excluding hydrogens is 360 g/mol. The zero-order valence-corrected chi connectivity index (χ0v) is 15.3. The minimum absolute atomic E-state index is 0.210. The second-order valence-electron chi connectivity index (χ2n) is 5.84. The Balaban J connectivity index is 1.76. The van der Waals surface area contributed by atoms with Gasteiger partial charge in [0, 0.05) is 12.1 Å². The van der Waals surface area contributed by atoms with E-state index < -0.39 is 24.5 Å². The summed E-state index contributed by atoms with van der Waals surface area (Å²) in [4.78, 5) is 34.3. The van der Waals surface area contributed by atoms with Crippen molar-refractivity contribution in [1.29, 1.82) is 0 Å². The van der Waals surface area contributed by atoms with E-state index in [1.165, 1.54) is 0 Å². The van der Waals surface area contributed by atoms with Crippen LogP contribution < -0.4 is 10.6 Å². The number of hydrogen-bond donors (Lipinski definition) is 3. The summed E-state index contributed by atoms with van der Waals surface area (Å²) in [6.07, 6.45) is 3.63. The molecule has 0 atom stereocenters. The molecule has 0 saturated carbocycles. The first-order valence-electron chi connectivity index (χ1n) is 8.76. The van der Waals surface area contributed by atoms with Gasteiger partial charge in [0.25, 0.3) is 5.91 Å². The van der Waals surface area contributed by atoms with E-state index in [0.717, 1.165) is 5.56 Å². The maximum absolute atomic E-state index is 12.1. The number of ether oxygens (including phenoxy) is 1. The molecule has 0 heterocycles. The number of nitrogens with one attached hydrogen (secondary N) is 2. The fourth-order valence-corrected chi connectivity index (χ4v) is 2.34. The normalized spacial score (nSPS) is 10.4. The standard InChI is InChI=1S/C21H22N2O5/c24-19(25)14-23-20(26)18-12-5-4-10-17(18)11-6-7-13-22-21(27)28-15-16-8-2-1-3-9-16/h1-6,8-12H,7,13-15H2,(H,22,27)(H,23,26)(H,24,25). The summed E-state index contributed by atoms with van der Waals surface area (Å²) in [6, 6.07) is 16.3. The van der Waals surface area contributed by atoms with Crippen molar-refractivity contribution in [3.05, 3.63) is 77.4 Å².